The van der Waals surface area contributed by atoms with Gasteiger partial charge in [-0.15, -0.1) is 0 Å². The van der Waals surface area contributed by atoms with Gasteiger partial charge in [0.1, 0.15) is 0 Å². The van der Waals surface area contributed by atoms with Crippen LogP contribution in [0.25, 0.3) is 21.8 Å². The van der Waals surface area contributed by atoms with E-state index >= 15 is 0 Å². The summed E-state index contributed by atoms with van der Waals surface area (Å²) in [6.07, 6.45) is 3.52. The highest BCUT2D eigenvalue weighted by Gasteiger charge is 2.16. The van der Waals surface area contributed by atoms with E-state index in [1.807, 2.05) is 30.3 Å². The summed E-state index contributed by atoms with van der Waals surface area (Å²) >= 11 is 0. The van der Waals surface area contributed by atoms with Gasteiger partial charge >= 0.3 is 5.97 Å². The zero-order valence-corrected chi connectivity index (χ0v) is 11.3. The molecule has 1 aromatic carbocycles. The van der Waals surface area contributed by atoms with Crippen molar-refractivity contribution in [3.63, 3.8) is 0 Å². The second kappa shape index (κ2) is 5.33. The number of hydrogen-bond acceptors (Lipinski definition) is 3. The van der Waals surface area contributed by atoms with Gasteiger partial charge in [0.25, 0.3) is 0 Å². The van der Waals surface area contributed by atoms with E-state index in [0.29, 0.717) is 12.3 Å². The van der Waals surface area contributed by atoms with Crippen molar-refractivity contribution in [2.75, 3.05) is 6.61 Å². The first-order valence-electron chi connectivity index (χ1n) is 6.84. The smallest absolute Gasteiger partial charge is 0.359 e. The lowest BCUT2D eigenvalue weighted by molar-refractivity contribution is 0.0495. The van der Waals surface area contributed by atoms with Crippen LogP contribution >= 0.6 is 0 Å². The molecule has 1 N–H and O–H groups in total. The van der Waals surface area contributed by atoms with E-state index in [1.54, 1.807) is 6.20 Å². The topological polar surface area (TPSA) is 55.0 Å². The molecule has 0 unspecified atom stereocenters. The number of esters is 1. The normalized spacial score (nSPS) is 11.1. The van der Waals surface area contributed by atoms with Gasteiger partial charge in [-0.05, 0) is 18.6 Å². The molecule has 20 heavy (non-hydrogen) atoms. The first kappa shape index (κ1) is 12.7. The molecule has 0 aliphatic carbocycles. The average molecular weight is 268 g/mol. The molecule has 0 aliphatic rings. The van der Waals surface area contributed by atoms with Crippen molar-refractivity contribution in [3.05, 3.63) is 42.2 Å². The highest BCUT2D eigenvalue weighted by atomic mass is 16.5. The third-order valence-corrected chi connectivity index (χ3v) is 3.35. The van der Waals surface area contributed by atoms with E-state index in [9.17, 15) is 4.79 Å². The molecule has 3 aromatic rings. The number of hydrogen-bond donors (Lipinski definition) is 1. The molecule has 0 amide bonds. The highest BCUT2D eigenvalue weighted by molar-refractivity contribution is 6.12. The average Bonchev–Trinajstić information content (AvgIpc) is 2.86. The van der Waals surface area contributed by atoms with Crippen LogP contribution in [0.1, 0.15) is 30.3 Å². The third-order valence-electron chi connectivity index (χ3n) is 3.35. The van der Waals surface area contributed by atoms with Crippen LogP contribution in [0.15, 0.2) is 36.5 Å². The van der Waals surface area contributed by atoms with Crippen molar-refractivity contribution < 1.29 is 9.53 Å². The van der Waals surface area contributed by atoms with Crippen molar-refractivity contribution >= 4 is 27.8 Å². The third kappa shape index (κ3) is 2.13. The van der Waals surface area contributed by atoms with E-state index in [4.69, 9.17) is 4.74 Å². The molecule has 0 saturated carbocycles. The van der Waals surface area contributed by atoms with Crippen LogP contribution in [0.5, 0.6) is 0 Å². The molecule has 0 saturated heterocycles. The van der Waals surface area contributed by atoms with Crippen molar-refractivity contribution in [1.29, 1.82) is 0 Å². The monoisotopic (exact) mass is 268 g/mol. The Morgan fingerprint density at radius 1 is 1.25 bits per heavy atom. The molecule has 0 radical (unpaired) electrons. The molecule has 4 nitrogen and oxygen atoms in total. The number of fused-ring (bicyclic) bond motifs is 3. The van der Waals surface area contributed by atoms with Crippen LogP contribution < -0.4 is 0 Å². The van der Waals surface area contributed by atoms with Gasteiger partial charge in [0.05, 0.1) is 12.1 Å². The number of carbonyl (C=O) groups excluding carboxylic acids is 1. The Balaban J connectivity index is 2.05. The number of carbonyl (C=O) groups is 1. The Kier molecular flexibility index (Phi) is 3.37. The minimum Gasteiger partial charge on any atom is -0.461 e. The summed E-state index contributed by atoms with van der Waals surface area (Å²) in [5.41, 5.74) is 2.10. The Labute approximate surface area is 116 Å². The van der Waals surface area contributed by atoms with E-state index in [1.165, 1.54) is 0 Å². The number of rotatable bonds is 4. The maximum atomic E-state index is 12.1. The molecule has 4 heteroatoms. The quantitative estimate of drug-likeness (QED) is 0.580. The SMILES string of the molecule is CCCCOC(=O)c1nccc2c1[nH]c1ccccc12. The van der Waals surface area contributed by atoms with Gasteiger partial charge in [-0.1, -0.05) is 31.5 Å². The van der Waals surface area contributed by atoms with Crippen LogP contribution in [-0.4, -0.2) is 22.5 Å². The standard InChI is InChI=1S/C16H16N2O2/c1-2-3-10-20-16(19)15-14-12(8-9-17-15)11-6-4-5-7-13(11)18-14/h4-9,18H,2-3,10H2,1H3. The van der Waals surface area contributed by atoms with E-state index in [0.717, 1.165) is 34.6 Å². The number of benzene rings is 1. The number of nitrogens with one attached hydrogen (secondary N) is 1. The molecule has 0 spiro atoms. The van der Waals surface area contributed by atoms with Gasteiger partial charge < -0.3 is 9.72 Å². The fraction of sp³-hybridized carbons (Fsp3) is 0.250. The molecule has 0 fully saturated rings. The van der Waals surface area contributed by atoms with Gasteiger partial charge in [0, 0.05) is 22.5 Å². The van der Waals surface area contributed by atoms with E-state index < -0.39 is 0 Å². The van der Waals surface area contributed by atoms with Crippen molar-refractivity contribution in [3.8, 4) is 0 Å². The van der Waals surface area contributed by atoms with Gasteiger partial charge in [-0.2, -0.15) is 0 Å². The first-order valence-corrected chi connectivity index (χ1v) is 6.84. The van der Waals surface area contributed by atoms with E-state index in [2.05, 4.69) is 16.9 Å². The Morgan fingerprint density at radius 3 is 2.95 bits per heavy atom. The predicted molar refractivity (Wildman–Crippen MR) is 78.8 cm³/mol. The molecule has 0 aliphatic heterocycles. The van der Waals surface area contributed by atoms with Crippen LogP contribution in [0.3, 0.4) is 0 Å². The van der Waals surface area contributed by atoms with Crippen molar-refractivity contribution in [1.82, 2.24) is 9.97 Å². The lowest BCUT2D eigenvalue weighted by Gasteiger charge is -2.03. The lowest BCUT2D eigenvalue weighted by atomic mass is 10.1. The second-order valence-electron chi connectivity index (χ2n) is 4.74. The summed E-state index contributed by atoms with van der Waals surface area (Å²) < 4.78 is 5.25. The van der Waals surface area contributed by atoms with Crippen LogP contribution in [0.4, 0.5) is 0 Å². The molecular formula is C16H16N2O2. The van der Waals surface area contributed by atoms with Crippen LogP contribution in [0.2, 0.25) is 0 Å². The zero-order chi connectivity index (χ0) is 13.9. The number of H-pyrrole nitrogens is 1. The maximum absolute atomic E-state index is 12.1. The Bertz CT molecular complexity index is 761. The Hall–Kier alpha value is -2.36. The molecule has 102 valence electrons. The minimum atomic E-state index is -0.365. The van der Waals surface area contributed by atoms with Gasteiger partial charge in [-0.3, -0.25) is 0 Å². The number of ether oxygens (including phenoxy) is 1. The molecule has 2 heterocycles. The number of nitrogens with zero attached hydrogens (tertiary/aromatic N) is 1. The highest BCUT2D eigenvalue weighted by Crippen LogP contribution is 2.26. The lowest BCUT2D eigenvalue weighted by Crippen LogP contribution is -2.09. The summed E-state index contributed by atoms with van der Waals surface area (Å²) in [6, 6.07) is 9.87. The van der Waals surface area contributed by atoms with Gasteiger partial charge in [0.15, 0.2) is 5.69 Å². The van der Waals surface area contributed by atoms with Gasteiger partial charge in [-0.25, -0.2) is 9.78 Å². The predicted octanol–water partition coefficient (Wildman–Crippen LogP) is 3.67. The summed E-state index contributed by atoms with van der Waals surface area (Å²) in [6.45, 7) is 2.50. The molecule has 0 bridgehead atoms. The number of aromatic amines is 1. The number of aromatic nitrogens is 2. The zero-order valence-electron chi connectivity index (χ0n) is 11.3. The van der Waals surface area contributed by atoms with Crippen molar-refractivity contribution in [2.24, 2.45) is 0 Å². The van der Waals surface area contributed by atoms with Crippen molar-refractivity contribution in [2.45, 2.75) is 19.8 Å². The molecule has 0 atom stereocenters. The van der Waals surface area contributed by atoms with E-state index in [-0.39, 0.29) is 5.97 Å². The van der Waals surface area contributed by atoms with Gasteiger partial charge in [0.2, 0.25) is 0 Å². The molecule has 3 rings (SSSR count). The molecular weight excluding hydrogens is 252 g/mol. The summed E-state index contributed by atoms with van der Waals surface area (Å²) in [5, 5.41) is 2.09. The molecule has 2 aromatic heterocycles. The number of unbranched alkanes of at least 4 members (excludes halogenated alkanes) is 1. The summed E-state index contributed by atoms with van der Waals surface area (Å²) in [7, 11) is 0. The maximum Gasteiger partial charge on any atom is 0.359 e. The van der Waals surface area contributed by atoms with Crippen LogP contribution in [0, 0.1) is 0 Å². The van der Waals surface area contributed by atoms with Crippen LogP contribution in [-0.2, 0) is 4.74 Å². The minimum absolute atomic E-state index is 0.356. The summed E-state index contributed by atoms with van der Waals surface area (Å²) in [4.78, 5) is 19.5. The number of para-hydroxylation sites is 1. The largest absolute Gasteiger partial charge is 0.461 e. The summed E-state index contributed by atoms with van der Waals surface area (Å²) in [5.74, 6) is -0.365. The first-order chi connectivity index (χ1) is 9.81. The fourth-order valence-corrected chi connectivity index (χ4v) is 2.31. The Morgan fingerprint density at radius 2 is 2.10 bits per heavy atom. The second-order valence-corrected chi connectivity index (χ2v) is 4.74. The fourth-order valence-electron chi connectivity index (χ4n) is 2.31. The number of pyridine rings is 1.